The fraction of sp³-hybridized carbons (Fsp3) is 0.286. The Morgan fingerprint density at radius 1 is 1.35 bits per heavy atom. The van der Waals surface area contributed by atoms with Gasteiger partial charge in [0.1, 0.15) is 16.6 Å². The van der Waals surface area contributed by atoms with E-state index < -0.39 is 11.6 Å². The Hall–Kier alpha value is -1.82. The Morgan fingerprint density at radius 2 is 2.10 bits per heavy atom. The Labute approximate surface area is 119 Å². The number of carbonyl (C=O) groups is 1. The SMILES string of the molecule is CCOC(=O)Cc1nc(-c2cc(F)c(C)cc2F)cs1. The smallest absolute Gasteiger partial charge is 0.312 e. The van der Waals surface area contributed by atoms with Crippen LogP contribution in [0.2, 0.25) is 0 Å². The zero-order chi connectivity index (χ0) is 14.7. The van der Waals surface area contributed by atoms with Gasteiger partial charge in [-0.05, 0) is 31.5 Å². The van der Waals surface area contributed by atoms with Crippen LogP contribution in [0.4, 0.5) is 8.78 Å². The standard InChI is InChI=1S/C14H13F2NO2S/c1-3-19-14(18)6-13-17-12(7-20-13)9-5-10(15)8(2)4-11(9)16/h4-5,7H,3,6H2,1-2H3. The number of thiazole rings is 1. The molecule has 3 nitrogen and oxygen atoms in total. The number of carbonyl (C=O) groups excluding carboxylic acids is 1. The molecule has 0 aliphatic rings. The van der Waals surface area contributed by atoms with Crippen molar-refractivity contribution in [2.75, 3.05) is 6.61 Å². The number of rotatable bonds is 4. The van der Waals surface area contributed by atoms with Crippen molar-refractivity contribution in [3.05, 3.63) is 39.7 Å². The first kappa shape index (κ1) is 14.6. The zero-order valence-corrected chi connectivity index (χ0v) is 11.9. The van der Waals surface area contributed by atoms with Crippen LogP contribution in [0, 0.1) is 18.6 Å². The third-order valence-electron chi connectivity index (χ3n) is 2.68. The number of hydrogen-bond acceptors (Lipinski definition) is 4. The number of aryl methyl sites for hydroxylation is 1. The predicted octanol–water partition coefficient (Wildman–Crippen LogP) is 3.50. The van der Waals surface area contributed by atoms with Gasteiger partial charge in [-0.2, -0.15) is 0 Å². The van der Waals surface area contributed by atoms with E-state index in [1.807, 2.05) is 0 Å². The van der Waals surface area contributed by atoms with Gasteiger partial charge in [0.05, 0.1) is 18.7 Å². The minimum absolute atomic E-state index is 0.0362. The van der Waals surface area contributed by atoms with E-state index in [1.165, 1.54) is 18.3 Å². The van der Waals surface area contributed by atoms with Crippen molar-refractivity contribution in [1.82, 2.24) is 4.98 Å². The molecule has 0 saturated heterocycles. The third-order valence-corrected chi connectivity index (χ3v) is 3.53. The predicted molar refractivity (Wildman–Crippen MR) is 72.5 cm³/mol. The molecule has 0 atom stereocenters. The summed E-state index contributed by atoms with van der Waals surface area (Å²) in [4.78, 5) is 15.5. The Kier molecular flexibility index (Phi) is 4.44. The van der Waals surface area contributed by atoms with Crippen LogP contribution < -0.4 is 0 Å². The van der Waals surface area contributed by atoms with Gasteiger partial charge in [-0.15, -0.1) is 11.3 Å². The summed E-state index contributed by atoms with van der Waals surface area (Å²) >= 11 is 1.22. The number of hydrogen-bond donors (Lipinski definition) is 0. The minimum atomic E-state index is -0.531. The van der Waals surface area contributed by atoms with Gasteiger partial charge in [0.2, 0.25) is 0 Å². The van der Waals surface area contributed by atoms with Crippen molar-refractivity contribution in [2.24, 2.45) is 0 Å². The molecule has 1 aromatic carbocycles. The molecule has 1 aromatic heterocycles. The number of halogens is 2. The maximum atomic E-state index is 13.8. The highest BCUT2D eigenvalue weighted by molar-refractivity contribution is 7.10. The van der Waals surface area contributed by atoms with Crippen LogP contribution in [0.5, 0.6) is 0 Å². The average molecular weight is 297 g/mol. The summed E-state index contributed by atoms with van der Waals surface area (Å²) in [5, 5.41) is 2.11. The molecule has 2 rings (SSSR count). The summed E-state index contributed by atoms with van der Waals surface area (Å²) in [5.74, 6) is -1.40. The maximum absolute atomic E-state index is 13.8. The fourth-order valence-electron chi connectivity index (χ4n) is 1.69. The topological polar surface area (TPSA) is 39.2 Å². The van der Waals surface area contributed by atoms with E-state index >= 15 is 0 Å². The van der Waals surface area contributed by atoms with Gasteiger partial charge in [0, 0.05) is 10.9 Å². The number of benzene rings is 1. The second-order valence-corrected chi connectivity index (χ2v) is 5.13. The Bertz CT molecular complexity index is 640. The number of ether oxygens (including phenoxy) is 1. The van der Waals surface area contributed by atoms with Crippen molar-refractivity contribution in [1.29, 1.82) is 0 Å². The molecule has 0 fully saturated rings. The first-order chi connectivity index (χ1) is 9.51. The van der Waals surface area contributed by atoms with E-state index in [4.69, 9.17) is 4.74 Å². The molecule has 0 N–H and O–H groups in total. The lowest BCUT2D eigenvalue weighted by Gasteiger charge is -2.02. The second-order valence-electron chi connectivity index (χ2n) is 4.19. The number of esters is 1. The molecule has 0 radical (unpaired) electrons. The van der Waals surface area contributed by atoms with Crippen LogP contribution >= 0.6 is 11.3 Å². The van der Waals surface area contributed by atoms with Gasteiger partial charge in [0.15, 0.2) is 0 Å². The number of nitrogens with zero attached hydrogens (tertiary/aromatic N) is 1. The lowest BCUT2D eigenvalue weighted by atomic mass is 10.1. The molecule has 106 valence electrons. The van der Waals surface area contributed by atoms with Gasteiger partial charge in [0.25, 0.3) is 0 Å². The van der Waals surface area contributed by atoms with Gasteiger partial charge in [-0.25, -0.2) is 13.8 Å². The van der Waals surface area contributed by atoms with Crippen molar-refractivity contribution in [3.63, 3.8) is 0 Å². The second kappa shape index (κ2) is 6.09. The largest absolute Gasteiger partial charge is 0.466 e. The van der Waals surface area contributed by atoms with Crippen molar-refractivity contribution >= 4 is 17.3 Å². The maximum Gasteiger partial charge on any atom is 0.312 e. The van der Waals surface area contributed by atoms with E-state index in [-0.39, 0.29) is 23.5 Å². The summed E-state index contributed by atoms with van der Waals surface area (Å²) in [6, 6.07) is 2.25. The quantitative estimate of drug-likeness (QED) is 0.811. The molecule has 0 unspecified atom stereocenters. The molecule has 0 saturated carbocycles. The average Bonchev–Trinajstić information content (AvgIpc) is 2.82. The summed E-state index contributed by atoms with van der Waals surface area (Å²) in [7, 11) is 0. The molecule has 0 bridgehead atoms. The van der Waals surface area contributed by atoms with Crippen molar-refractivity contribution in [2.45, 2.75) is 20.3 Å². The minimum Gasteiger partial charge on any atom is -0.466 e. The molecule has 2 aromatic rings. The monoisotopic (exact) mass is 297 g/mol. The lowest BCUT2D eigenvalue weighted by Crippen LogP contribution is -2.07. The molecule has 0 amide bonds. The van der Waals surface area contributed by atoms with Crippen molar-refractivity contribution in [3.8, 4) is 11.3 Å². The van der Waals surface area contributed by atoms with Crippen LogP contribution in [0.15, 0.2) is 17.5 Å². The van der Waals surface area contributed by atoms with Crippen LogP contribution in [0.25, 0.3) is 11.3 Å². The highest BCUT2D eigenvalue weighted by Gasteiger charge is 2.14. The third kappa shape index (κ3) is 3.19. The summed E-state index contributed by atoms with van der Waals surface area (Å²) in [6.45, 7) is 3.51. The summed E-state index contributed by atoms with van der Waals surface area (Å²) in [6.07, 6.45) is 0.0362. The van der Waals surface area contributed by atoms with Crippen LogP contribution in [-0.2, 0) is 16.0 Å². The molecular formula is C14H13F2NO2S. The van der Waals surface area contributed by atoms with E-state index in [0.717, 1.165) is 12.1 Å². The van der Waals surface area contributed by atoms with Gasteiger partial charge >= 0.3 is 5.97 Å². The first-order valence-corrected chi connectivity index (χ1v) is 6.95. The highest BCUT2D eigenvalue weighted by Crippen LogP contribution is 2.27. The van der Waals surface area contributed by atoms with Crippen LogP contribution in [0.3, 0.4) is 0 Å². The normalized spacial score (nSPS) is 10.6. The molecule has 20 heavy (non-hydrogen) atoms. The highest BCUT2D eigenvalue weighted by atomic mass is 32.1. The fourth-order valence-corrected chi connectivity index (χ4v) is 2.47. The van der Waals surface area contributed by atoms with Gasteiger partial charge in [-0.3, -0.25) is 4.79 Å². The molecule has 0 spiro atoms. The summed E-state index contributed by atoms with van der Waals surface area (Å²) in [5.41, 5.74) is 0.665. The zero-order valence-electron chi connectivity index (χ0n) is 11.1. The van der Waals surface area contributed by atoms with E-state index in [2.05, 4.69) is 4.98 Å². The van der Waals surface area contributed by atoms with Crippen LogP contribution in [-0.4, -0.2) is 17.6 Å². The van der Waals surface area contributed by atoms with E-state index in [1.54, 1.807) is 12.3 Å². The van der Waals surface area contributed by atoms with E-state index in [0.29, 0.717) is 17.3 Å². The first-order valence-electron chi connectivity index (χ1n) is 6.07. The molecule has 0 aliphatic heterocycles. The lowest BCUT2D eigenvalue weighted by molar-refractivity contribution is -0.142. The molecule has 1 heterocycles. The number of aromatic nitrogens is 1. The molecular weight excluding hydrogens is 284 g/mol. The van der Waals surface area contributed by atoms with Gasteiger partial charge < -0.3 is 4.74 Å². The Balaban J connectivity index is 2.25. The van der Waals surface area contributed by atoms with Gasteiger partial charge in [-0.1, -0.05) is 0 Å². The molecule has 0 aliphatic carbocycles. The van der Waals surface area contributed by atoms with Crippen LogP contribution in [0.1, 0.15) is 17.5 Å². The summed E-state index contributed by atoms with van der Waals surface area (Å²) < 4.78 is 32.1. The molecule has 6 heteroatoms. The van der Waals surface area contributed by atoms with Crippen molar-refractivity contribution < 1.29 is 18.3 Å². The Morgan fingerprint density at radius 3 is 2.80 bits per heavy atom. The van der Waals surface area contributed by atoms with E-state index in [9.17, 15) is 13.6 Å².